The Morgan fingerprint density at radius 3 is 2.50 bits per heavy atom. The second kappa shape index (κ2) is 9.05. The number of carbonyl (C=O) groups is 3. The van der Waals surface area contributed by atoms with Gasteiger partial charge in [0.25, 0.3) is 11.8 Å². The molecule has 3 aliphatic rings. The Morgan fingerprint density at radius 2 is 1.82 bits per heavy atom. The number of carboxylic acid groups (broad SMARTS) is 1. The van der Waals surface area contributed by atoms with Gasteiger partial charge in [0.2, 0.25) is 0 Å². The summed E-state index contributed by atoms with van der Waals surface area (Å²) in [6.45, 7) is 6.92. The fraction of sp³-hybridized carbons (Fsp3) is 0.536. The van der Waals surface area contributed by atoms with Crippen molar-refractivity contribution in [2.24, 2.45) is 22.7 Å². The van der Waals surface area contributed by atoms with Crippen LogP contribution in [0.4, 0.5) is 0 Å². The molecule has 0 aromatic heterocycles. The van der Waals surface area contributed by atoms with Crippen LogP contribution in [0.25, 0.3) is 0 Å². The number of nitrogens with zero attached hydrogens (tertiary/aromatic N) is 1. The second-order valence-corrected chi connectivity index (χ2v) is 10.8. The smallest absolute Gasteiger partial charge is 0.331 e. The lowest BCUT2D eigenvalue weighted by atomic mass is 9.46. The minimum absolute atomic E-state index is 0.106. The summed E-state index contributed by atoms with van der Waals surface area (Å²) in [4.78, 5) is 38.9. The molecule has 0 bridgehead atoms. The van der Waals surface area contributed by atoms with Crippen molar-refractivity contribution in [2.75, 3.05) is 6.54 Å². The molecule has 1 aromatic rings. The lowest BCUT2D eigenvalue weighted by Crippen LogP contribution is -2.51. The van der Waals surface area contributed by atoms with Gasteiger partial charge in [0.05, 0.1) is 0 Å². The molecule has 6 heteroatoms. The molecule has 2 aliphatic carbocycles. The Bertz CT molecular complexity index is 1060. The number of aliphatic carboxylic acids is 1. The monoisotopic (exact) mass is 465 g/mol. The molecule has 1 fully saturated rings. The fourth-order valence-corrected chi connectivity index (χ4v) is 6.70. The van der Waals surface area contributed by atoms with Gasteiger partial charge in [0.1, 0.15) is 5.75 Å². The van der Waals surface area contributed by atoms with E-state index in [1.54, 1.807) is 24.3 Å². The lowest BCUT2D eigenvalue weighted by Gasteiger charge is -2.57. The highest BCUT2D eigenvalue weighted by molar-refractivity contribution is 6.16. The van der Waals surface area contributed by atoms with Crippen LogP contribution in [0.3, 0.4) is 0 Å². The van der Waals surface area contributed by atoms with Gasteiger partial charge in [-0.25, -0.2) is 4.79 Å². The molecule has 34 heavy (non-hydrogen) atoms. The number of fused-ring (bicyclic) bond motifs is 1. The van der Waals surface area contributed by atoms with Crippen molar-refractivity contribution in [2.45, 2.75) is 65.7 Å². The molecule has 2 amide bonds. The highest BCUT2D eigenvalue weighted by Crippen LogP contribution is 2.62. The van der Waals surface area contributed by atoms with Crippen molar-refractivity contribution in [3.8, 4) is 5.75 Å². The van der Waals surface area contributed by atoms with E-state index in [1.807, 2.05) is 6.08 Å². The number of phenols is 1. The van der Waals surface area contributed by atoms with Gasteiger partial charge in [-0.15, -0.1) is 0 Å². The number of amides is 2. The molecule has 4 unspecified atom stereocenters. The van der Waals surface area contributed by atoms with E-state index >= 15 is 0 Å². The highest BCUT2D eigenvalue weighted by Gasteiger charge is 2.55. The van der Waals surface area contributed by atoms with Crippen LogP contribution in [0, 0.1) is 22.7 Å². The van der Waals surface area contributed by atoms with Crippen molar-refractivity contribution in [3.63, 3.8) is 0 Å². The molecule has 2 N–H and O–H groups in total. The van der Waals surface area contributed by atoms with E-state index < -0.39 is 5.97 Å². The number of hydrogen-bond acceptors (Lipinski definition) is 4. The maximum absolute atomic E-state index is 13.0. The van der Waals surface area contributed by atoms with E-state index in [0.717, 1.165) is 37.7 Å². The van der Waals surface area contributed by atoms with Crippen LogP contribution in [-0.4, -0.2) is 39.4 Å². The van der Waals surface area contributed by atoms with Crippen LogP contribution in [-0.2, 0) is 20.8 Å². The lowest BCUT2D eigenvalue weighted by molar-refractivity contribution is -0.138. The Balaban J connectivity index is 1.44. The van der Waals surface area contributed by atoms with Crippen molar-refractivity contribution in [1.29, 1.82) is 0 Å². The third-order valence-corrected chi connectivity index (χ3v) is 9.01. The van der Waals surface area contributed by atoms with Crippen LogP contribution in [0.2, 0.25) is 0 Å². The van der Waals surface area contributed by atoms with Gasteiger partial charge in [0.15, 0.2) is 0 Å². The van der Waals surface area contributed by atoms with Crippen LogP contribution < -0.4 is 0 Å². The largest absolute Gasteiger partial charge is 0.508 e. The number of phenolic OH excluding ortho intramolecular Hbond substituents is 1. The molecule has 0 spiro atoms. The Labute approximate surface area is 201 Å². The molecule has 182 valence electrons. The molecular weight excluding hydrogens is 430 g/mol. The first kappa shape index (κ1) is 24.2. The van der Waals surface area contributed by atoms with Crippen molar-refractivity contribution in [3.05, 3.63) is 53.1 Å². The predicted molar refractivity (Wildman–Crippen MR) is 129 cm³/mol. The number of carbonyl (C=O) groups excluding carboxylic acids is 2. The third-order valence-electron chi connectivity index (χ3n) is 9.01. The Hall–Kier alpha value is -2.89. The van der Waals surface area contributed by atoms with Gasteiger partial charge in [-0.05, 0) is 79.9 Å². The second-order valence-electron chi connectivity index (χ2n) is 10.8. The minimum atomic E-state index is -0.812. The SMILES string of the molecule is CC1CCC2(C)C(C(=O)O)=CCCC2C1(C)CCC1=CC(=O)N(CCc2ccc(O)cc2)C1=O. The zero-order valence-corrected chi connectivity index (χ0v) is 20.3. The van der Waals surface area contributed by atoms with Crippen molar-refractivity contribution >= 4 is 17.8 Å². The summed E-state index contributed by atoms with van der Waals surface area (Å²) in [6, 6.07) is 6.79. The van der Waals surface area contributed by atoms with Gasteiger partial charge in [-0.1, -0.05) is 39.0 Å². The average molecular weight is 466 g/mol. The molecule has 1 saturated carbocycles. The molecule has 0 radical (unpaired) electrons. The summed E-state index contributed by atoms with van der Waals surface area (Å²) in [5, 5.41) is 19.3. The first-order valence-electron chi connectivity index (χ1n) is 12.3. The number of aromatic hydroxyl groups is 1. The Morgan fingerprint density at radius 1 is 1.12 bits per heavy atom. The van der Waals surface area contributed by atoms with E-state index in [2.05, 4.69) is 20.8 Å². The summed E-state index contributed by atoms with van der Waals surface area (Å²) in [6.07, 6.45) is 8.78. The van der Waals surface area contributed by atoms with Crippen molar-refractivity contribution < 1.29 is 24.6 Å². The van der Waals surface area contributed by atoms with Crippen LogP contribution >= 0.6 is 0 Å². The maximum atomic E-state index is 13.0. The third kappa shape index (κ3) is 4.19. The molecule has 4 rings (SSSR count). The van der Waals surface area contributed by atoms with E-state index in [1.165, 1.54) is 11.0 Å². The molecular formula is C28H35NO5. The van der Waals surface area contributed by atoms with Gasteiger partial charge < -0.3 is 10.2 Å². The first-order valence-corrected chi connectivity index (χ1v) is 12.3. The van der Waals surface area contributed by atoms with Crippen LogP contribution in [0.5, 0.6) is 5.75 Å². The molecule has 6 nitrogen and oxygen atoms in total. The summed E-state index contributed by atoms with van der Waals surface area (Å²) in [5.74, 6) is -0.456. The molecule has 1 heterocycles. The molecule has 0 saturated heterocycles. The summed E-state index contributed by atoms with van der Waals surface area (Å²) < 4.78 is 0. The van der Waals surface area contributed by atoms with Gasteiger partial charge in [-0.2, -0.15) is 0 Å². The Kier molecular flexibility index (Phi) is 6.45. The number of imide groups is 1. The van der Waals surface area contributed by atoms with Gasteiger partial charge in [-0.3, -0.25) is 14.5 Å². The van der Waals surface area contributed by atoms with Gasteiger partial charge >= 0.3 is 5.97 Å². The van der Waals surface area contributed by atoms with Crippen LogP contribution in [0.1, 0.15) is 64.9 Å². The molecule has 1 aromatic carbocycles. The molecule has 1 aliphatic heterocycles. The highest BCUT2D eigenvalue weighted by atomic mass is 16.4. The molecule has 4 atom stereocenters. The summed E-state index contributed by atoms with van der Waals surface area (Å²) in [7, 11) is 0. The zero-order valence-electron chi connectivity index (χ0n) is 20.3. The predicted octanol–water partition coefficient (Wildman–Crippen LogP) is 4.87. The minimum Gasteiger partial charge on any atom is -0.508 e. The topological polar surface area (TPSA) is 94.9 Å². The van der Waals surface area contributed by atoms with Crippen molar-refractivity contribution in [1.82, 2.24) is 4.90 Å². The number of allylic oxidation sites excluding steroid dienone is 1. The van der Waals surface area contributed by atoms with Crippen LogP contribution in [0.15, 0.2) is 47.6 Å². The van der Waals surface area contributed by atoms with E-state index in [9.17, 15) is 24.6 Å². The maximum Gasteiger partial charge on any atom is 0.331 e. The first-order chi connectivity index (χ1) is 16.1. The zero-order chi connectivity index (χ0) is 24.7. The standard InChI is InChI=1S/C28H35NO5/c1-18-11-14-28(3)22(26(33)34)5-4-6-23(28)27(18,2)15-12-20-17-24(31)29(25(20)32)16-13-19-7-9-21(30)10-8-19/h5,7-10,17-18,23,30H,4,6,11-16H2,1-3H3,(H,33,34). The fourth-order valence-electron chi connectivity index (χ4n) is 6.70. The number of rotatable bonds is 7. The quantitative estimate of drug-likeness (QED) is 0.560. The average Bonchev–Trinajstić information content (AvgIpc) is 3.07. The number of benzene rings is 1. The van der Waals surface area contributed by atoms with E-state index in [4.69, 9.17) is 0 Å². The van der Waals surface area contributed by atoms with E-state index in [0.29, 0.717) is 36.5 Å². The van der Waals surface area contributed by atoms with Gasteiger partial charge in [0, 0.05) is 29.2 Å². The van der Waals surface area contributed by atoms with E-state index in [-0.39, 0.29) is 34.3 Å². The number of hydrogen-bond donors (Lipinski definition) is 2. The normalized spacial score (nSPS) is 31.2. The number of carboxylic acids is 1. The summed E-state index contributed by atoms with van der Waals surface area (Å²) in [5.41, 5.74) is 1.60. The summed E-state index contributed by atoms with van der Waals surface area (Å²) >= 11 is 0.